The van der Waals surface area contributed by atoms with Gasteiger partial charge in [0.25, 0.3) is 0 Å². The highest BCUT2D eigenvalue weighted by Crippen LogP contribution is 2.38. The van der Waals surface area contributed by atoms with Gasteiger partial charge in [0.2, 0.25) is 15.9 Å². The molecule has 1 amide bonds. The number of hydrogen-bond donors (Lipinski definition) is 0. The van der Waals surface area contributed by atoms with Crippen LogP contribution in [-0.2, 0) is 27.2 Å². The van der Waals surface area contributed by atoms with E-state index in [2.05, 4.69) is 0 Å². The molecule has 0 radical (unpaired) electrons. The summed E-state index contributed by atoms with van der Waals surface area (Å²) in [6, 6.07) is 0.271. The quantitative estimate of drug-likeness (QED) is 0.639. The zero-order valence-electron chi connectivity index (χ0n) is 16.6. The second kappa shape index (κ2) is 8.03. The highest BCUT2D eigenvalue weighted by molar-refractivity contribution is 7.89. The number of carbonyl (C=O) groups excluding carboxylic acids is 1. The van der Waals surface area contributed by atoms with E-state index in [0.717, 1.165) is 4.31 Å². The topological polar surface area (TPSA) is 57.7 Å². The highest BCUT2D eigenvalue weighted by Gasteiger charge is 2.40. The van der Waals surface area contributed by atoms with E-state index in [1.165, 1.54) is 4.90 Å². The van der Waals surface area contributed by atoms with Crippen molar-refractivity contribution in [3.05, 3.63) is 29.3 Å². The van der Waals surface area contributed by atoms with Gasteiger partial charge in [0.15, 0.2) is 0 Å². The lowest BCUT2D eigenvalue weighted by Gasteiger charge is -2.37. The van der Waals surface area contributed by atoms with Crippen molar-refractivity contribution in [2.45, 2.75) is 44.4 Å². The van der Waals surface area contributed by atoms with Crippen molar-refractivity contribution >= 4 is 15.9 Å². The highest BCUT2D eigenvalue weighted by atomic mass is 32.2. The van der Waals surface area contributed by atoms with Crippen molar-refractivity contribution < 1.29 is 39.6 Å². The molecule has 1 aromatic carbocycles. The Balaban J connectivity index is 2.33. The zero-order chi connectivity index (χ0) is 23.1. The summed E-state index contributed by atoms with van der Waals surface area (Å²) in [6.45, 7) is 4.82. The van der Waals surface area contributed by atoms with Gasteiger partial charge in [-0.3, -0.25) is 4.79 Å². The lowest BCUT2D eigenvalue weighted by Crippen LogP contribution is -2.53. The molecule has 0 aliphatic carbocycles. The minimum atomic E-state index is -5.15. The Hall–Kier alpha value is -1.82. The summed E-state index contributed by atoms with van der Waals surface area (Å²) < 4.78 is 105. The summed E-state index contributed by atoms with van der Waals surface area (Å²) in [4.78, 5) is 12.9. The molecule has 0 bridgehead atoms. The largest absolute Gasteiger partial charge is 0.416 e. The number of benzene rings is 1. The molecule has 1 heterocycles. The molecule has 1 aromatic rings. The Kier molecular flexibility index (Phi) is 6.54. The molecule has 12 heteroatoms. The van der Waals surface area contributed by atoms with Crippen molar-refractivity contribution in [2.75, 3.05) is 26.2 Å². The molecule has 1 aliphatic heterocycles. The van der Waals surface area contributed by atoms with Crippen LogP contribution in [0, 0.1) is 5.41 Å². The Morgan fingerprint density at radius 1 is 0.900 bits per heavy atom. The van der Waals surface area contributed by atoms with Gasteiger partial charge in [-0.15, -0.1) is 0 Å². The van der Waals surface area contributed by atoms with Gasteiger partial charge < -0.3 is 4.90 Å². The van der Waals surface area contributed by atoms with E-state index in [9.17, 15) is 39.6 Å². The number of rotatable bonds is 4. The number of halogens is 6. The van der Waals surface area contributed by atoms with Gasteiger partial charge in [0, 0.05) is 31.6 Å². The number of amides is 1. The van der Waals surface area contributed by atoms with Gasteiger partial charge in [-0.2, -0.15) is 30.6 Å². The van der Waals surface area contributed by atoms with Crippen LogP contribution in [0.4, 0.5) is 26.3 Å². The number of sulfonamides is 1. The van der Waals surface area contributed by atoms with Crippen molar-refractivity contribution in [1.29, 1.82) is 0 Å². The van der Waals surface area contributed by atoms with Crippen LogP contribution in [0.3, 0.4) is 0 Å². The molecule has 5 nitrogen and oxygen atoms in total. The van der Waals surface area contributed by atoms with Crippen LogP contribution in [0.2, 0.25) is 0 Å². The second-order valence-corrected chi connectivity index (χ2v) is 9.61. The average Bonchev–Trinajstić information content (AvgIpc) is 2.65. The lowest BCUT2D eigenvalue weighted by atomic mass is 9.88. The molecule has 170 valence electrons. The number of piperazine rings is 1. The first-order chi connectivity index (χ1) is 13.5. The minimum Gasteiger partial charge on any atom is -0.340 e. The molecule has 30 heavy (non-hydrogen) atoms. The van der Waals surface area contributed by atoms with Gasteiger partial charge in [0.1, 0.15) is 0 Å². The van der Waals surface area contributed by atoms with Crippen LogP contribution in [0.5, 0.6) is 0 Å². The van der Waals surface area contributed by atoms with E-state index in [4.69, 9.17) is 0 Å². The molecular formula is C18H22F6N2O3S. The van der Waals surface area contributed by atoms with E-state index >= 15 is 0 Å². The van der Waals surface area contributed by atoms with Gasteiger partial charge in [-0.1, -0.05) is 20.8 Å². The molecule has 2 rings (SSSR count). The third-order valence-electron chi connectivity index (χ3n) is 5.19. The van der Waals surface area contributed by atoms with Crippen LogP contribution < -0.4 is 0 Å². The molecule has 1 aliphatic rings. The van der Waals surface area contributed by atoms with E-state index in [1.807, 2.05) is 6.92 Å². The van der Waals surface area contributed by atoms with Crippen molar-refractivity contribution in [2.24, 2.45) is 5.41 Å². The maximum Gasteiger partial charge on any atom is 0.416 e. The first kappa shape index (κ1) is 24.4. The van der Waals surface area contributed by atoms with Crippen LogP contribution in [-0.4, -0.2) is 49.7 Å². The fourth-order valence-corrected chi connectivity index (χ4v) is 4.43. The Morgan fingerprint density at radius 2 is 1.33 bits per heavy atom. The molecular weight excluding hydrogens is 438 g/mol. The molecule has 0 aromatic heterocycles. The maximum absolute atomic E-state index is 13.0. The van der Waals surface area contributed by atoms with Crippen molar-refractivity contribution in [1.82, 2.24) is 9.21 Å². The van der Waals surface area contributed by atoms with Crippen molar-refractivity contribution in [3.8, 4) is 0 Å². The van der Waals surface area contributed by atoms with Crippen LogP contribution in [0.1, 0.15) is 38.3 Å². The Labute approximate surface area is 170 Å². The molecule has 0 spiro atoms. The minimum absolute atomic E-state index is 0.00736. The Morgan fingerprint density at radius 3 is 1.70 bits per heavy atom. The Bertz CT molecular complexity index is 869. The number of hydrogen-bond acceptors (Lipinski definition) is 3. The standard InChI is InChI=1S/C18H22F6N2O3S/c1-4-16(2,3)15(27)25-5-7-26(8-6-25)30(28,29)14-10-12(17(19,20)21)9-13(11-14)18(22,23)24/h9-11H,4-8H2,1-3H3. The van der Waals surface area contributed by atoms with E-state index in [1.54, 1.807) is 13.8 Å². The van der Waals surface area contributed by atoms with E-state index in [-0.39, 0.29) is 50.3 Å². The number of alkyl halides is 6. The second-order valence-electron chi connectivity index (χ2n) is 7.68. The summed E-state index contributed by atoms with van der Waals surface area (Å²) in [7, 11) is -4.62. The fourth-order valence-electron chi connectivity index (χ4n) is 2.94. The third-order valence-corrected chi connectivity index (χ3v) is 7.06. The summed E-state index contributed by atoms with van der Waals surface area (Å²) in [5.41, 5.74) is -4.06. The maximum atomic E-state index is 13.0. The average molecular weight is 460 g/mol. The normalized spacial score (nSPS) is 17.3. The van der Waals surface area contributed by atoms with Gasteiger partial charge in [-0.25, -0.2) is 8.42 Å². The molecule has 1 fully saturated rings. The molecule has 0 saturated carbocycles. The summed E-state index contributed by atoms with van der Waals surface area (Å²) in [5.74, 6) is -0.194. The number of carbonyl (C=O) groups is 1. The fraction of sp³-hybridized carbons (Fsp3) is 0.611. The molecule has 1 saturated heterocycles. The van der Waals surface area contributed by atoms with E-state index < -0.39 is 43.8 Å². The summed E-state index contributed by atoms with van der Waals surface area (Å²) in [5, 5.41) is 0. The first-order valence-corrected chi connectivity index (χ1v) is 10.5. The lowest BCUT2D eigenvalue weighted by molar-refractivity contribution is -0.144. The van der Waals surface area contributed by atoms with Gasteiger partial charge in [0.05, 0.1) is 16.0 Å². The van der Waals surface area contributed by atoms with Gasteiger partial charge in [-0.05, 0) is 24.6 Å². The monoisotopic (exact) mass is 460 g/mol. The predicted molar refractivity (Wildman–Crippen MR) is 95.9 cm³/mol. The summed E-state index contributed by atoms with van der Waals surface area (Å²) >= 11 is 0. The SMILES string of the molecule is CCC(C)(C)C(=O)N1CCN(S(=O)(=O)c2cc(C(F)(F)F)cc(C(F)(F)F)c2)CC1. The van der Waals surface area contributed by atoms with E-state index in [0.29, 0.717) is 6.42 Å². The van der Waals surface area contributed by atoms with Crippen LogP contribution >= 0.6 is 0 Å². The van der Waals surface area contributed by atoms with Crippen LogP contribution in [0.25, 0.3) is 0 Å². The van der Waals surface area contributed by atoms with Gasteiger partial charge >= 0.3 is 12.4 Å². The smallest absolute Gasteiger partial charge is 0.340 e. The zero-order valence-corrected chi connectivity index (χ0v) is 17.4. The van der Waals surface area contributed by atoms with Crippen LogP contribution in [0.15, 0.2) is 23.1 Å². The van der Waals surface area contributed by atoms with Crippen molar-refractivity contribution in [3.63, 3.8) is 0 Å². The molecule has 0 atom stereocenters. The number of nitrogens with zero attached hydrogens (tertiary/aromatic N) is 2. The molecule has 0 N–H and O–H groups in total. The third kappa shape index (κ3) is 5.08. The first-order valence-electron chi connectivity index (χ1n) is 9.09. The summed E-state index contributed by atoms with van der Waals surface area (Å²) in [6.07, 6.45) is -9.75. The molecule has 0 unspecified atom stereocenters. The predicted octanol–water partition coefficient (Wildman–Crippen LogP) is 3.99.